The molecule has 0 saturated carbocycles. The molecule has 3 rings (SSSR count). The van der Waals surface area contributed by atoms with Crippen molar-refractivity contribution in [3.05, 3.63) is 41.2 Å². The number of hydrogen-bond acceptors (Lipinski definition) is 7. The lowest BCUT2D eigenvalue weighted by Crippen LogP contribution is -2.42. The van der Waals surface area contributed by atoms with Crippen molar-refractivity contribution < 1.29 is 36.9 Å². The lowest BCUT2D eigenvalue weighted by Gasteiger charge is -2.27. The first kappa shape index (κ1) is 23.5. The summed E-state index contributed by atoms with van der Waals surface area (Å²) in [6, 6.07) is 5.18. The summed E-state index contributed by atoms with van der Waals surface area (Å²) >= 11 is 0. The third kappa shape index (κ3) is 5.96. The van der Waals surface area contributed by atoms with Crippen LogP contribution in [0.1, 0.15) is 35.6 Å². The normalized spacial score (nSPS) is 17.6. The summed E-state index contributed by atoms with van der Waals surface area (Å²) in [5.74, 6) is -1.06. The van der Waals surface area contributed by atoms with Gasteiger partial charge in [-0.15, -0.1) is 13.2 Å². The predicted octanol–water partition coefficient (Wildman–Crippen LogP) is 2.55. The number of amides is 2. The van der Waals surface area contributed by atoms with Crippen LogP contribution in [0, 0.1) is 6.92 Å². The average Bonchev–Trinajstić information content (AvgIpc) is 3.05. The molecule has 1 aliphatic heterocycles. The number of alkyl halides is 3. The molecule has 1 aromatic carbocycles. The van der Waals surface area contributed by atoms with Gasteiger partial charge in [0.25, 0.3) is 5.91 Å². The zero-order valence-electron chi connectivity index (χ0n) is 17.8. The minimum atomic E-state index is -4.76. The summed E-state index contributed by atoms with van der Waals surface area (Å²) in [7, 11) is 0. The molecule has 2 heterocycles. The summed E-state index contributed by atoms with van der Waals surface area (Å²) in [5, 5.41) is 7.22. The van der Waals surface area contributed by atoms with E-state index in [-0.39, 0.29) is 49.6 Å². The molecule has 2 aromatic rings. The van der Waals surface area contributed by atoms with Crippen molar-refractivity contribution in [2.75, 3.05) is 19.6 Å². The molecule has 174 valence electrons. The Morgan fingerprint density at radius 1 is 1.22 bits per heavy atom. The van der Waals surface area contributed by atoms with Crippen molar-refractivity contribution >= 4 is 11.8 Å². The van der Waals surface area contributed by atoms with Crippen LogP contribution in [0.5, 0.6) is 5.75 Å². The van der Waals surface area contributed by atoms with E-state index >= 15 is 0 Å². The van der Waals surface area contributed by atoms with Gasteiger partial charge in [-0.1, -0.05) is 17.3 Å². The molecular weight excluding hydrogens is 433 g/mol. The van der Waals surface area contributed by atoms with Crippen molar-refractivity contribution in [3.63, 3.8) is 0 Å². The second-order valence-corrected chi connectivity index (χ2v) is 7.65. The van der Waals surface area contributed by atoms with E-state index in [1.54, 1.807) is 11.8 Å². The molecule has 0 spiro atoms. The van der Waals surface area contributed by atoms with E-state index in [2.05, 4.69) is 19.7 Å². The number of halogens is 3. The number of aromatic nitrogens is 2. The van der Waals surface area contributed by atoms with Crippen LogP contribution < -0.4 is 4.74 Å². The van der Waals surface area contributed by atoms with Gasteiger partial charge in [0.05, 0.1) is 12.7 Å². The van der Waals surface area contributed by atoms with Crippen molar-refractivity contribution in [2.24, 2.45) is 0 Å². The minimum Gasteiger partial charge on any atom is -0.406 e. The first-order valence-electron chi connectivity index (χ1n) is 9.87. The van der Waals surface area contributed by atoms with E-state index in [1.807, 2.05) is 13.8 Å². The number of aryl methyl sites for hydroxylation is 1. The fourth-order valence-corrected chi connectivity index (χ4v) is 3.28. The van der Waals surface area contributed by atoms with Gasteiger partial charge < -0.3 is 19.3 Å². The summed E-state index contributed by atoms with van der Waals surface area (Å²) < 4.78 is 51.3. The van der Waals surface area contributed by atoms with E-state index in [9.17, 15) is 22.8 Å². The second kappa shape index (κ2) is 9.55. The fraction of sp³-hybridized carbons (Fsp3) is 0.500. The van der Waals surface area contributed by atoms with Crippen molar-refractivity contribution in [3.8, 4) is 5.75 Å². The SMILES string of the molecule is Cc1nonc1C(=O)N1CC(=O)N(C(C)C)CC(OCc2ccc(OC(F)(F)F)cc2)C1. The van der Waals surface area contributed by atoms with Crippen LogP contribution >= 0.6 is 0 Å². The van der Waals surface area contributed by atoms with Gasteiger partial charge in [0.2, 0.25) is 5.91 Å². The number of ether oxygens (including phenoxy) is 2. The van der Waals surface area contributed by atoms with Crippen LogP contribution in [0.15, 0.2) is 28.9 Å². The van der Waals surface area contributed by atoms with Crippen LogP contribution in [0.25, 0.3) is 0 Å². The third-order valence-corrected chi connectivity index (χ3v) is 4.88. The smallest absolute Gasteiger partial charge is 0.406 e. The van der Waals surface area contributed by atoms with Gasteiger partial charge in [0, 0.05) is 19.1 Å². The van der Waals surface area contributed by atoms with Crippen molar-refractivity contribution in [1.82, 2.24) is 20.1 Å². The topological polar surface area (TPSA) is 98.0 Å². The number of nitrogens with zero attached hydrogens (tertiary/aromatic N) is 4. The predicted molar refractivity (Wildman–Crippen MR) is 103 cm³/mol. The molecule has 1 aromatic heterocycles. The zero-order valence-corrected chi connectivity index (χ0v) is 17.8. The third-order valence-electron chi connectivity index (χ3n) is 4.88. The molecular formula is C20H23F3N4O5. The monoisotopic (exact) mass is 456 g/mol. The van der Waals surface area contributed by atoms with Gasteiger partial charge >= 0.3 is 6.36 Å². The average molecular weight is 456 g/mol. The Morgan fingerprint density at radius 2 is 1.91 bits per heavy atom. The first-order valence-corrected chi connectivity index (χ1v) is 9.87. The van der Waals surface area contributed by atoms with Gasteiger partial charge in [-0.3, -0.25) is 9.59 Å². The largest absolute Gasteiger partial charge is 0.573 e. The maximum Gasteiger partial charge on any atom is 0.573 e. The number of benzene rings is 1. The standard InChI is InChI=1S/C20H23F3N4O5/c1-12(2)27-9-16(30-11-14-4-6-15(7-5-14)31-20(21,22)23)8-26(10-17(27)28)19(29)18-13(3)24-32-25-18/h4-7,12,16H,8-11H2,1-3H3. The maximum atomic E-state index is 12.9. The maximum absolute atomic E-state index is 12.9. The molecule has 32 heavy (non-hydrogen) atoms. The van der Waals surface area contributed by atoms with Crippen LogP contribution in [-0.4, -0.2) is 70.1 Å². The highest BCUT2D eigenvalue weighted by atomic mass is 19.4. The number of carbonyl (C=O) groups is 2. The molecule has 1 unspecified atom stereocenters. The van der Waals surface area contributed by atoms with Crippen LogP contribution in [0.4, 0.5) is 13.2 Å². The highest BCUT2D eigenvalue weighted by Crippen LogP contribution is 2.23. The quantitative estimate of drug-likeness (QED) is 0.659. The molecule has 0 aliphatic carbocycles. The number of rotatable bonds is 6. The fourth-order valence-electron chi connectivity index (χ4n) is 3.28. The van der Waals surface area contributed by atoms with Gasteiger partial charge in [0.1, 0.15) is 18.0 Å². The lowest BCUT2D eigenvalue weighted by molar-refractivity contribution is -0.274. The number of hydrogen-bond donors (Lipinski definition) is 0. The van der Waals surface area contributed by atoms with E-state index in [4.69, 9.17) is 4.74 Å². The minimum absolute atomic E-state index is 0.0230. The Labute approximate surface area is 182 Å². The van der Waals surface area contributed by atoms with E-state index in [1.165, 1.54) is 29.2 Å². The highest BCUT2D eigenvalue weighted by molar-refractivity contribution is 5.95. The summed E-state index contributed by atoms with van der Waals surface area (Å²) in [6.45, 7) is 5.59. The molecule has 1 aliphatic rings. The lowest BCUT2D eigenvalue weighted by atomic mass is 10.2. The van der Waals surface area contributed by atoms with E-state index < -0.39 is 18.4 Å². The van der Waals surface area contributed by atoms with E-state index in [0.29, 0.717) is 11.3 Å². The Hall–Kier alpha value is -3.15. The molecule has 0 N–H and O–H groups in total. The van der Waals surface area contributed by atoms with Gasteiger partial charge in [-0.05, 0) is 43.6 Å². The molecule has 12 heteroatoms. The van der Waals surface area contributed by atoms with Crippen LogP contribution in [0.3, 0.4) is 0 Å². The summed E-state index contributed by atoms with van der Waals surface area (Å²) in [4.78, 5) is 28.5. The molecule has 1 atom stereocenters. The highest BCUT2D eigenvalue weighted by Gasteiger charge is 2.34. The Bertz CT molecular complexity index is 945. The van der Waals surface area contributed by atoms with Gasteiger partial charge in [-0.2, -0.15) is 0 Å². The van der Waals surface area contributed by atoms with Crippen LogP contribution in [0.2, 0.25) is 0 Å². The molecule has 0 bridgehead atoms. The Balaban J connectivity index is 1.71. The summed E-state index contributed by atoms with van der Waals surface area (Å²) in [6.07, 6.45) is -5.29. The van der Waals surface area contributed by atoms with E-state index in [0.717, 1.165) is 0 Å². The van der Waals surface area contributed by atoms with Gasteiger partial charge in [0.15, 0.2) is 5.69 Å². The van der Waals surface area contributed by atoms with Crippen molar-refractivity contribution in [2.45, 2.75) is 45.9 Å². The molecule has 2 amide bonds. The summed E-state index contributed by atoms with van der Waals surface area (Å²) in [5.41, 5.74) is 0.946. The zero-order chi connectivity index (χ0) is 23.5. The number of carbonyl (C=O) groups excluding carboxylic acids is 2. The molecule has 9 nitrogen and oxygen atoms in total. The second-order valence-electron chi connectivity index (χ2n) is 7.65. The van der Waals surface area contributed by atoms with Gasteiger partial charge in [-0.25, -0.2) is 4.63 Å². The molecule has 1 saturated heterocycles. The molecule has 0 radical (unpaired) electrons. The van der Waals surface area contributed by atoms with Crippen molar-refractivity contribution in [1.29, 1.82) is 0 Å². The van der Waals surface area contributed by atoms with Crippen LogP contribution in [-0.2, 0) is 16.1 Å². The molecule has 1 fully saturated rings. The first-order chi connectivity index (χ1) is 15.0. The Kier molecular flexibility index (Phi) is 7.02. The Morgan fingerprint density at radius 3 is 2.47 bits per heavy atom.